The van der Waals surface area contributed by atoms with Gasteiger partial charge in [-0.3, -0.25) is 4.79 Å². The number of amides is 1. The van der Waals surface area contributed by atoms with Crippen LogP contribution in [0.3, 0.4) is 0 Å². The molecule has 0 aromatic carbocycles. The van der Waals surface area contributed by atoms with Crippen molar-refractivity contribution in [1.82, 2.24) is 14.9 Å². The second kappa shape index (κ2) is 7.02. The number of hydrogen-bond donors (Lipinski definition) is 1. The van der Waals surface area contributed by atoms with Gasteiger partial charge in [-0.25, -0.2) is 9.97 Å². The smallest absolute Gasteiger partial charge is 0.244 e. The molecule has 1 atom stereocenters. The van der Waals surface area contributed by atoms with Crippen LogP contribution >= 0.6 is 15.9 Å². The van der Waals surface area contributed by atoms with Crippen LogP contribution < -0.4 is 5.32 Å². The first kappa shape index (κ1) is 15.2. The summed E-state index contributed by atoms with van der Waals surface area (Å²) in [6.07, 6.45) is 4.21. The zero-order valence-corrected chi connectivity index (χ0v) is 13.6. The van der Waals surface area contributed by atoms with Gasteiger partial charge in [-0.2, -0.15) is 0 Å². The Labute approximate surface area is 128 Å². The van der Waals surface area contributed by atoms with Crippen molar-refractivity contribution in [3.63, 3.8) is 0 Å². The van der Waals surface area contributed by atoms with Crippen LogP contribution in [0.5, 0.6) is 0 Å². The fourth-order valence-corrected chi connectivity index (χ4v) is 2.79. The van der Waals surface area contributed by atoms with E-state index in [9.17, 15) is 4.79 Å². The molecule has 1 aliphatic rings. The number of likely N-dealkylation sites (tertiary alicyclic amines) is 1. The first-order valence-corrected chi connectivity index (χ1v) is 7.98. The molecule has 1 aromatic heterocycles. The topological polar surface area (TPSA) is 58.1 Å². The summed E-state index contributed by atoms with van der Waals surface area (Å²) in [4.78, 5) is 23.0. The van der Waals surface area contributed by atoms with Crippen molar-refractivity contribution >= 4 is 27.7 Å². The summed E-state index contributed by atoms with van der Waals surface area (Å²) < 4.78 is 0.740. The Bertz CT molecular complexity index is 474. The van der Waals surface area contributed by atoms with Crippen molar-refractivity contribution in [2.24, 2.45) is 0 Å². The minimum Gasteiger partial charge on any atom is -0.358 e. The normalized spacial score (nSPS) is 16.9. The van der Waals surface area contributed by atoms with Gasteiger partial charge in [0.2, 0.25) is 5.91 Å². The van der Waals surface area contributed by atoms with E-state index in [2.05, 4.69) is 31.2 Å². The maximum atomic E-state index is 12.4. The van der Waals surface area contributed by atoms with Crippen LogP contribution in [0.25, 0.3) is 0 Å². The van der Waals surface area contributed by atoms with E-state index in [4.69, 9.17) is 0 Å². The summed E-state index contributed by atoms with van der Waals surface area (Å²) in [6.45, 7) is 5.64. The van der Waals surface area contributed by atoms with Gasteiger partial charge in [0.05, 0.1) is 0 Å². The molecule has 5 nitrogen and oxygen atoms in total. The first-order valence-electron chi connectivity index (χ1n) is 7.19. The van der Waals surface area contributed by atoms with E-state index in [1.807, 2.05) is 18.7 Å². The number of aromatic nitrogens is 2. The Hall–Kier alpha value is -1.17. The molecule has 0 spiro atoms. The van der Waals surface area contributed by atoms with Gasteiger partial charge in [-0.1, -0.05) is 6.92 Å². The van der Waals surface area contributed by atoms with Gasteiger partial charge in [-0.15, -0.1) is 0 Å². The van der Waals surface area contributed by atoms with Crippen molar-refractivity contribution in [2.75, 3.05) is 18.4 Å². The molecule has 110 valence electrons. The third-order valence-corrected chi connectivity index (χ3v) is 3.87. The molecule has 1 aromatic rings. The third kappa shape index (κ3) is 3.91. The molecule has 1 saturated heterocycles. The number of nitrogens with one attached hydrogen (secondary N) is 1. The lowest BCUT2D eigenvalue weighted by Gasteiger charge is -2.29. The molecule has 1 unspecified atom stereocenters. The van der Waals surface area contributed by atoms with E-state index < -0.39 is 0 Å². The van der Waals surface area contributed by atoms with Gasteiger partial charge in [0.15, 0.2) is 0 Å². The lowest BCUT2D eigenvalue weighted by atomic mass is 10.1. The number of aryl methyl sites for hydroxylation is 1. The van der Waals surface area contributed by atoms with E-state index in [0.717, 1.165) is 42.8 Å². The number of anilines is 1. The summed E-state index contributed by atoms with van der Waals surface area (Å²) in [5.41, 5.74) is 0. The number of hydrogen-bond acceptors (Lipinski definition) is 4. The second-order valence-electron chi connectivity index (χ2n) is 5.10. The molecule has 1 amide bonds. The van der Waals surface area contributed by atoms with E-state index in [1.165, 1.54) is 6.42 Å². The molecule has 0 radical (unpaired) electrons. The van der Waals surface area contributed by atoms with Crippen molar-refractivity contribution in [3.05, 3.63) is 16.5 Å². The number of carbonyl (C=O) groups is 1. The highest BCUT2D eigenvalue weighted by Crippen LogP contribution is 2.15. The maximum absolute atomic E-state index is 12.4. The molecule has 0 aliphatic carbocycles. The van der Waals surface area contributed by atoms with Crippen molar-refractivity contribution in [2.45, 2.75) is 45.6 Å². The second-order valence-corrected chi connectivity index (χ2v) is 5.91. The summed E-state index contributed by atoms with van der Waals surface area (Å²) in [5.74, 6) is 1.61. The predicted molar refractivity (Wildman–Crippen MR) is 82.6 cm³/mol. The Balaban J connectivity index is 2.01. The zero-order valence-electron chi connectivity index (χ0n) is 12.0. The molecule has 20 heavy (non-hydrogen) atoms. The number of halogens is 1. The van der Waals surface area contributed by atoms with E-state index in [0.29, 0.717) is 5.82 Å². The van der Waals surface area contributed by atoms with Crippen LogP contribution in [-0.2, 0) is 11.2 Å². The SMILES string of the molecule is CCc1nc(Br)cc(NC(C)C(=O)N2CCCCC2)n1. The monoisotopic (exact) mass is 340 g/mol. The van der Waals surface area contributed by atoms with Crippen molar-refractivity contribution in [3.8, 4) is 0 Å². The Morgan fingerprint density at radius 3 is 2.75 bits per heavy atom. The zero-order chi connectivity index (χ0) is 14.5. The fraction of sp³-hybridized carbons (Fsp3) is 0.643. The van der Waals surface area contributed by atoms with Gasteiger partial charge < -0.3 is 10.2 Å². The molecule has 6 heteroatoms. The lowest BCUT2D eigenvalue weighted by molar-refractivity contribution is -0.132. The lowest BCUT2D eigenvalue weighted by Crippen LogP contribution is -2.44. The number of rotatable bonds is 4. The summed E-state index contributed by atoms with van der Waals surface area (Å²) in [5, 5.41) is 3.18. The predicted octanol–water partition coefficient (Wildman–Crippen LogP) is 2.61. The van der Waals surface area contributed by atoms with Gasteiger partial charge in [0, 0.05) is 25.6 Å². The van der Waals surface area contributed by atoms with Crippen LogP contribution in [0.4, 0.5) is 5.82 Å². The van der Waals surface area contributed by atoms with Crippen molar-refractivity contribution < 1.29 is 4.79 Å². The van der Waals surface area contributed by atoms with Gasteiger partial charge >= 0.3 is 0 Å². The Morgan fingerprint density at radius 2 is 2.10 bits per heavy atom. The van der Waals surface area contributed by atoms with Crippen LogP contribution in [-0.4, -0.2) is 39.9 Å². The van der Waals surface area contributed by atoms with Crippen LogP contribution in [0, 0.1) is 0 Å². The molecule has 2 rings (SSSR count). The molecule has 1 fully saturated rings. The number of nitrogens with zero attached hydrogens (tertiary/aromatic N) is 3. The van der Waals surface area contributed by atoms with Gasteiger partial charge in [-0.05, 0) is 42.1 Å². The largest absolute Gasteiger partial charge is 0.358 e. The summed E-state index contributed by atoms with van der Waals surface area (Å²) >= 11 is 3.37. The van der Waals surface area contributed by atoms with Crippen LogP contribution in [0.1, 0.15) is 38.9 Å². The highest BCUT2D eigenvalue weighted by Gasteiger charge is 2.22. The first-order chi connectivity index (χ1) is 9.60. The average molecular weight is 341 g/mol. The van der Waals surface area contributed by atoms with E-state index in [-0.39, 0.29) is 11.9 Å². The highest BCUT2D eigenvalue weighted by molar-refractivity contribution is 9.10. The fourth-order valence-electron chi connectivity index (χ4n) is 2.37. The Morgan fingerprint density at radius 1 is 1.40 bits per heavy atom. The average Bonchev–Trinajstić information content (AvgIpc) is 2.46. The third-order valence-electron chi connectivity index (χ3n) is 3.46. The summed E-state index contributed by atoms with van der Waals surface area (Å²) in [6, 6.07) is 1.54. The van der Waals surface area contributed by atoms with Crippen LogP contribution in [0.2, 0.25) is 0 Å². The van der Waals surface area contributed by atoms with Crippen LogP contribution in [0.15, 0.2) is 10.7 Å². The number of carbonyl (C=O) groups excluding carboxylic acids is 1. The molecular formula is C14H21BrN4O. The summed E-state index contributed by atoms with van der Waals surface area (Å²) in [7, 11) is 0. The Kier molecular flexibility index (Phi) is 5.34. The molecule has 1 N–H and O–H groups in total. The molecule has 1 aliphatic heterocycles. The van der Waals surface area contributed by atoms with Gasteiger partial charge in [0.25, 0.3) is 0 Å². The number of piperidine rings is 1. The van der Waals surface area contributed by atoms with Gasteiger partial charge in [0.1, 0.15) is 22.3 Å². The quantitative estimate of drug-likeness (QED) is 0.856. The minimum absolute atomic E-state index is 0.150. The maximum Gasteiger partial charge on any atom is 0.244 e. The molecule has 2 heterocycles. The van der Waals surface area contributed by atoms with Crippen molar-refractivity contribution in [1.29, 1.82) is 0 Å². The minimum atomic E-state index is -0.264. The highest BCUT2D eigenvalue weighted by atomic mass is 79.9. The molecular weight excluding hydrogens is 320 g/mol. The molecule has 0 saturated carbocycles. The molecule has 0 bridgehead atoms. The van der Waals surface area contributed by atoms with E-state index >= 15 is 0 Å². The van der Waals surface area contributed by atoms with E-state index in [1.54, 1.807) is 6.07 Å². The standard InChI is InChI=1S/C14H21BrN4O/c1-3-12-17-11(15)9-13(18-12)16-10(2)14(20)19-7-5-4-6-8-19/h9-10H,3-8H2,1-2H3,(H,16,17,18).